The molecule has 2 rings (SSSR count). The van der Waals surface area contributed by atoms with E-state index >= 15 is 0 Å². The summed E-state index contributed by atoms with van der Waals surface area (Å²) < 4.78 is 10.1. The number of rotatable bonds is 6. The molecule has 7 heteroatoms. The Hall–Kier alpha value is -2.80. The molecule has 0 radical (unpaired) electrons. The summed E-state index contributed by atoms with van der Waals surface area (Å²) >= 11 is 0. The van der Waals surface area contributed by atoms with Gasteiger partial charge in [0.2, 0.25) is 0 Å². The van der Waals surface area contributed by atoms with Crippen molar-refractivity contribution in [3.63, 3.8) is 0 Å². The van der Waals surface area contributed by atoms with Crippen LogP contribution in [0.2, 0.25) is 0 Å². The molecule has 3 N–H and O–H groups in total. The quantitative estimate of drug-likeness (QED) is 0.698. The molecule has 0 fully saturated rings. The Kier molecular flexibility index (Phi) is 5.82. The summed E-state index contributed by atoms with van der Waals surface area (Å²) in [4.78, 5) is 27.0. The number of H-pyrrole nitrogens is 1. The average Bonchev–Trinajstić information content (AvgIpc) is 2.87. The van der Waals surface area contributed by atoms with Crippen LogP contribution in [-0.2, 0) is 9.53 Å². The number of anilines is 1. The molecule has 0 unspecified atom stereocenters. The number of benzene rings is 1. The van der Waals surface area contributed by atoms with Gasteiger partial charge in [0.25, 0.3) is 5.91 Å². The van der Waals surface area contributed by atoms with Gasteiger partial charge in [0, 0.05) is 23.0 Å². The van der Waals surface area contributed by atoms with Crippen LogP contribution in [-0.4, -0.2) is 35.7 Å². The second-order valence-corrected chi connectivity index (χ2v) is 5.70. The monoisotopic (exact) mass is 346 g/mol. The minimum absolute atomic E-state index is 0.239. The van der Waals surface area contributed by atoms with Gasteiger partial charge in [0.1, 0.15) is 11.4 Å². The number of hydrogen-bond acceptors (Lipinski definition) is 5. The topological polar surface area (TPSA) is 101 Å². The Morgan fingerprint density at radius 1 is 1.32 bits per heavy atom. The maximum Gasteiger partial charge on any atom is 0.355 e. The summed E-state index contributed by atoms with van der Waals surface area (Å²) in [5, 5.41) is 12.4. The van der Waals surface area contributed by atoms with E-state index in [9.17, 15) is 14.7 Å². The molecule has 0 saturated heterocycles. The molecular weight excluding hydrogens is 324 g/mol. The molecule has 0 aliphatic rings. The maximum absolute atomic E-state index is 12.2. The van der Waals surface area contributed by atoms with Crippen molar-refractivity contribution >= 4 is 17.6 Å². The number of esters is 1. The van der Waals surface area contributed by atoms with Crippen molar-refractivity contribution < 1.29 is 24.2 Å². The van der Waals surface area contributed by atoms with Crippen LogP contribution in [0.1, 0.15) is 40.3 Å². The van der Waals surface area contributed by atoms with E-state index in [1.165, 1.54) is 7.11 Å². The zero-order valence-electron chi connectivity index (χ0n) is 14.7. The number of aromatic amines is 1. The van der Waals surface area contributed by atoms with E-state index in [1.807, 2.05) is 0 Å². The van der Waals surface area contributed by atoms with E-state index in [4.69, 9.17) is 9.47 Å². The van der Waals surface area contributed by atoms with Gasteiger partial charge in [-0.2, -0.15) is 0 Å². The zero-order valence-corrected chi connectivity index (χ0v) is 14.7. The van der Waals surface area contributed by atoms with Crippen LogP contribution in [0.3, 0.4) is 0 Å². The molecule has 1 amide bonds. The van der Waals surface area contributed by atoms with Gasteiger partial charge >= 0.3 is 5.97 Å². The van der Waals surface area contributed by atoms with Crippen molar-refractivity contribution in [2.45, 2.75) is 26.9 Å². The van der Waals surface area contributed by atoms with Gasteiger partial charge in [-0.3, -0.25) is 4.79 Å². The molecule has 1 heterocycles. The Morgan fingerprint density at radius 2 is 2.04 bits per heavy atom. The van der Waals surface area contributed by atoms with E-state index in [2.05, 4.69) is 10.3 Å². The molecule has 7 nitrogen and oxygen atoms in total. The number of aromatic nitrogens is 1. The number of nitrogens with one attached hydrogen (secondary N) is 2. The predicted octanol–water partition coefficient (Wildman–Crippen LogP) is 2.49. The third kappa shape index (κ3) is 4.39. The largest absolute Gasteiger partial charge is 0.497 e. The second-order valence-electron chi connectivity index (χ2n) is 5.70. The van der Waals surface area contributed by atoms with Crippen LogP contribution < -0.4 is 10.1 Å². The SMILES string of the molecule is COc1cccc(NC(=O)COC(=O)c2[nH]c(C)c([C@H](C)O)c2C)c1. The normalized spacial score (nSPS) is 11.7. The molecule has 1 aromatic heterocycles. The minimum Gasteiger partial charge on any atom is -0.497 e. The van der Waals surface area contributed by atoms with Crippen LogP contribution in [0.5, 0.6) is 5.75 Å². The van der Waals surface area contributed by atoms with Crippen LogP contribution >= 0.6 is 0 Å². The van der Waals surface area contributed by atoms with Crippen molar-refractivity contribution in [2.75, 3.05) is 19.0 Å². The highest BCUT2D eigenvalue weighted by Gasteiger charge is 2.21. The third-order valence-electron chi connectivity index (χ3n) is 3.81. The molecule has 0 spiro atoms. The standard InChI is InChI=1S/C18H22N2O5/c1-10-16(12(3)21)11(2)19-17(10)18(23)25-9-15(22)20-13-6-5-7-14(8-13)24-4/h5-8,12,19,21H,9H2,1-4H3,(H,20,22)/t12-/m0/s1. The highest BCUT2D eigenvalue weighted by atomic mass is 16.5. The fourth-order valence-electron chi connectivity index (χ4n) is 2.70. The van der Waals surface area contributed by atoms with Gasteiger partial charge in [-0.25, -0.2) is 4.79 Å². The van der Waals surface area contributed by atoms with Crippen LogP contribution in [0.4, 0.5) is 5.69 Å². The van der Waals surface area contributed by atoms with E-state index in [1.54, 1.807) is 45.0 Å². The molecule has 134 valence electrons. The molecule has 0 bridgehead atoms. The molecule has 25 heavy (non-hydrogen) atoms. The smallest absolute Gasteiger partial charge is 0.355 e. The number of aryl methyl sites for hydroxylation is 1. The molecule has 0 saturated carbocycles. The zero-order chi connectivity index (χ0) is 18.6. The second kappa shape index (κ2) is 7.85. The van der Waals surface area contributed by atoms with Gasteiger partial charge in [-0.1, -0.05) is 6.07 Å². The number of aliphatic hydroxyl groups is 1. The van der Waals surface area contributed by atoms with Crippen molar-refractivity contribution in [1.29, 1.82) is 0 Å². The minimum atomic E-state index is -0.700. The third-order valence-corrected chi connectivity index (χ3v) is 3.81. The van der Waals surface area contributed by atoms with Crippen LogP contribution in [0.25, 0.3) is 0 Å². The van der Waals surface area contributed by atoms with Crippen molar-refractivity contribution in [2.24, 2.45) is 0 Å². The molecule has 1 atom stereocenters. The molecule has 0 aliphatic carbocycles. The summed E-state index contributed by atoms with van der Waals surface area (Å²) in [5.74, 6) is -0.496. The fourth-order valence-corrected chi connectivity index (χ4v) is 2.70. The molecular formula is C18H22N2O5. The highest BCUT2D eigenvalue weighted by molar-refractivity contribution is 5.95. The van der Waals surface area contributed by atoms with Crippen molar-refractivity contribution in [3.8, 4) is 5.75 Å². The predicted molar refractivity (Wildman–Crippen MR) is 92.8 cm³/mol. The van der Waals surface area contributed by atoms with Crippen molar-refractivity contribution in [1.82, 2.24) is 4.98 Å². The molecule has 2 aromatic rings. The van der Waals surface area contributed by atoms with Gasteiger partial charge < -0.3 is 24.9 Å². The Balaban J connectivity index is 1.98. The number of hydrogen-bond donors (Lipinski definition) is 3. The maximum atomic E-state index is 12.2. The number of carbonyl (C=O) groups is 2. The van der Waals surface area contributed by atoms with E-state index in [0.717, 1.165) is 0 Å². The van der Waals surface area contributed by atoms with E-state index in [0.29, 0.717) is 28.3 Å². The lowest BCUT2D eigenvalue weighted by Crippen LogP contribution is -2.21. The van der Waals surface area contributed by atoms with E-state index in [-0.39, 0.29) is 5.69 Å². The first-order valence-electron chi connectivity index (χ1n) is 7.81. The summed E-state index contributed by atoms with van der Waals surface area (Å²) in [6.45, 7) is 4.69. The van der Waals surface area contributed by atoms with Gasteiger partial charge in [0.15, 0.2) is 6.61 Å². The summed E-state index contributed by atoms with van der Waals surface area (Å²) in [5.41, 5.74) is 2.75. The number of amides is 1. The first-order valence-corrected chi connectivity index (χ1v) is 7.81. The average molecular weight is 346 g/mol. The number of carbonyl (C=O) groups excluding carboxylic acids is 2. The lowest BCUT2D eigenvalue weighted by atomic mass is 10.1. The summed E-state index contributed by atoms with van der Waals surface area (Å²) in [6.07, 6.45) is -0.700. The first-order chi connectivity index (χ1) is 11.8. The Labute approximate surface area is 146 Å². The number of methoxy groups -OCH3 is 1. The van der Waals surface area contributed by atoms with Crippen LogP contribution in [0.15, 0.2) is 24.3 Å². The Morgan fingerprint density at radius 3 is 2.64 bits per heavy atom. The lowest BCUT2D eigenvalue weighted by Gasteiger charge is -2.08. The van der Waals surface area contributed by atoms with Crippen LogP contribution in [0, 0.1) is 13.8 Å². The molecule has 0 aliphatic heterocycles. The highest BCUT2D eigenvalue weighted by Crippen LogP contribution is 2.24. The fraction of sp³-hybridized carbons (Fsp3) is 0.333. The summed E-state index contributed by atoms with van der Waals surface area (Å²) in [6, 6.07) is 6.86. The van der Waals surface area contributed by atoms with E-state index < -0.39 is 24.6 Å². The van der Waals surface area contributed by atoms with Gasteiger partial charge in [0.05, 0.1) is 13.2 Å². The lowest BCUT2D eigenvalue weighted by molar-refractivity contribution is -0.119. The van der Waals surface area contributed by atoms with Gasteiger partial charge in [-0.05, 0) is 38.5 Å². The summed E-state index contributed by atoms with van der Waals surface area (Å²) in [7, 11) is 1.53. The van der Waals surface area contributed by atoms with Gasteiger partial charge in [-0.15, -0.1) is 0 Å². The Bertz CT molecular complexity index is 780. The molecule has 1 aromatic carbocycles. The van der Waals surface area contributed by atoms with Crippen molar-refractivity contribution in [3.05, 3.63) is 46.8 Å². The number of ether oxygens (including phenoxy) is 2. The first kappa shape index (κ1) is 18.5. The number of aliphatic hydroxyl groups excluding tert-OH is 1.